The number of rotatable bonds is 7. The molecule has 4 rings (SSSR count). The molecule has 3 N–H and O–H groups in total. The van der Waals surface area contributed by atoms with Gasteiger partial charge in [-0.2, -0.15) is 4.99 Å². The van der Waals surface area contributed by atoms with Crippen molar-refractivity contribution in [1.29, 1.82) is 0 Å². The monoisotopic (exact) mass is 505 g/mol. The predicted octanol–water partition coefficient (Wildman–Crippen LogP) is 4.26. The molecular weight excluding hydrogens is 466 g/mol. The molecule has 0 saturated heterocycles. The highest BCUT2D eigenvalue weighted by molar-refractivity contribution is 6.13. The Balaban J connectivity index is 1.60. The van der Waals surface area contributed by atoms with E-state index < -0.39 is 5.60 Å². The third-order valence-corrected chi connectivity index (χ3v) is 6.94. The van der Waals surface area contributed by atoms with Gasteiger partial charge in [0.1, 0.15) is 11.7 Å². The van der Waals surface area contributed by atoms with Crippen molar-refractivity contribution >= 4 is 29.2 Å². The zero-order valence-electron chi connectivity index (χ0n) is 22.5. The third-order valence-electron chi connectivity index (χ3n) is 6.94. The molecule has 1 fully saturated rings. The van der Waals surface area contributed by atoms with Gasteiger partial charge in [0, 0.05) is 54.4 Å². The van der Waals surface area contributed by atoms with Gasteiger partial charge in [0.15, 0.2) is 0 Å². The van der Waals surface area contributed by atoms with E-state index >= 15 is 0 Å². The first-order valence-electron chi connectivity index (χ1n) is 13.2. The molecule has 0 spiro atoms. The zero-order valence-corrected chi connectivity index (χ0v) is 22.5. The number of aryl methyl sites for hydroxylation is 1. The Morgan fingerprint density at radius 3 is 2.46 bits per heavy atom. The van der Waals surface area contributed by atoms with Gasteiger partial charge in [-0.15, -0.1) is 0 Å². The van der Waals surface area contributed by atoms with Gasteiger partial charge in [-0.05, 0) is 72.4 Å². The van der Waals surface area contributed by atoms with E-state index in [0.717, 1.165) is 48.3 Å². The Labute approximate surface area is 219 Å². The number of nitrogens with zero attached hydrogens (tertiary/aromatic N) is 3. The van der Waals surface area contributed by atoms with E-state index in [9.17, 15) is 14.7 Å². The first-order chi connectivity index (χ1) is 17.5. The van der Waals surface area contributed by atoms with Crippen LogP contribution in [0.2, 0.25) is 0 Å². The van der Waals surface area contributed by atoms with Gasteiger partial charge in [-0.1, -0.05) is 17.7 Å². The number of fused-ring (bicyclic) bond motifs is 1. The van der Waals surface area contributed by atoms with Crippen LogP contribution in [-0.4, -0.2) is 52.0 Å². The van der Waals surface area contributed by atoms with Crippen LogP contribution in [0.5, 0.6) is 0 Å². The number of amides is 2. The average molecular weight is 506 g/mol. The Hall–Kier alpha value is -3.26. The van der Waals surface area contributed by atoms with Crippen LogP contribution in [0.3, 0.4) is 0 Å². The largest absolute Gasteiger partial charge is 0.389 e. The lowest BCUT2D eigenvalue weighted by molar-refractivity contribution is -0.126. The Morgan fingerprint density at radius 1 is 1.16 bits per heavy atom. The Bertz CT molecular complexity index is 1160. The first-order valence-corrected chi connectivity index (χ1v) is 13.2. The molecule has 1 aromatic heterocycles. The summed E-state index contributed by atoms with van der Waals surface area (Å²) in [5.41, 5.74) is 2.79. The van der Waals surface area contributed by atoms with Crippen molar-refractivity contribution in [2.24, 2.45) is 10.9 Å². The van der Waals surface area contributed by atoms with Crippen LogP contribution in [0, 0.1) is 12.8 Å². The number of carbonyl (C=O) groups excluding carboxylic acids is 2. The molecule has 1 saturated carbocycles. The van der Waals surface area contributed by atoms with E-state index in [0.29, 0.717) is 24.3 Å². The minimum Gasteiger partial charge on any atom is -0.389 e. The van der Waals surface area contributed by atoms with Crippen molar-refractivity contribution in [1.82, 2.24) is 10.3 Å². The molecule has 0 radical (unpaired) electrons. The second-order valence-electron chi connectivity index (χ2n) is 11.3. The molecule has 1 aromatic carbocycles. The fourth-order valence-electron chi connectivity index (χ4n) is 5.01. The third kappa shape index (κ3) is 6.74. The number of nitrogens with one attached hydrogen (secondary N) is 2. The number of benzene rings is 1. The van der Waals surface area contributed by atoms with E-state index in [1.165, 1.54) is 0 Å². The number of pyridine rings is 1. The maximum Gasteiger partial charge on any atom is 0.278 e. The molecule has 0 atom stereocenters. The van der Waals surface area contributed by atoms with Crippen LogP contribution in [0.25, 0.3) is 0 Å². The molecule has 37 heavy (non-hydrogen) atoms. The van der Waals surface area contributed by atoms with Crippen molar-refractivity contribution in [2.45, 2.75) is 84.4 Å². The van der Waals surface area contributed by atoms with Crippen molar-refractivity contribution in [3.8, 4) is 0 Å². The summed E-state index contributed by atoms with van der Waals surface area (Å²) >= 11 is 0. The molecule has 0 bridgehead atoms. The number of aliphatic imine (C=N–C) groups is 1. The second kappa shape index (κ2) is 11.0. The summed E-state index contributed by atoms with van der Waals surface area (Å²) in [4.78, 5) is 37.0. The van der Waals surface area contributed by atoms with Crippen molar-refractivity contribution in [3.05, 3.63) is 53.2 Å². The summed E-state index contributed by atoms with van der Waals surface area (Å²) in [6, 6.07) is 9.71. The number of carbonyl (C=O) groups is 2. The molecule has 2 heterocycles. The van der Waals surface area contributed by atoms with Gasteiger partial charge < -0.3 is 20.6 Å². The lowest BCUT2D eigenvalue weighted by Crippen LogP contribution is -2.44. The SMILES string of the molecule is Cc1ccc(C(=O)N=C2Cc3cnc(NCC(C)(C)O)cc3N2C2CCC(C(=O)NC(C)C)CC2)cc1. The van der Waals surface area contributed by atoms with Crippen LogP contribution in [0.1, 0.15) is 74.9 Å². The fraction of sp³-hybridized carbons (Fsp3) is 0.517. The number of aromatic nitrogens is 1. The second-order valence-corrected chi connectivity index (χ2v) is 11.3. The summed E-state index contributed by atoms with van der Waals surface area (Å²) in [6.45, 7) is 9.81. The van der Waals surface area contributed by atoms with Gasteiger partial charge in [0.25, 0.3) is 5.91 Å². The molecule has 2 amide bonds. The predicted molar refractivity (Wildman–Crippen MR) is 147 cm³/mol. The number of aliphatic hydroxyl groups is 1. The Morgan fingerprint density at radius 2 is 1.84 bits per heavy atom. The summed E-state index contributed by atoms with van der Waals surface area (Å²) in [6.07, 6.45) is 5.62. The van der Waals surface area contributed by atoms with E-state index in [1.54, 1.807) is 13.8 Å². The smallest absolute Gasteiger partial charge is 0.278 e. The number of anilines is 2. The molecule has 2 aliphatic rings. The topological polar surface area (TPSA) is 107 Å². The van der Waals surface area contributed by atoms with Gasteiger partial charge in [0.2, 0.25) is 5.91 Å². The first kappa shape index (κ1) is 26.8. The van der Waals surface area contributed by atoms with E-state index in [-0.39, 0.29) is 29.8 Å². The van der Waals surface area contributed by atoms with Crippen LogP contribution in [0.15, 0.2) is 41.5 Å². The number of hydrogen-bond donors (Lipinski definition) is 3. The zero-order chi connectivity index (χ0) is 26.7. The van der Waals surface area contributed by atoms with Crippen molar-refractivity contribution in [2.75, 3.05) is 16.8 Å². The van der Waals surface area contributed by atoms with Crippen molar-refractivity contribution < 1.29 is 14.7 Å². The molecule has 198 valence electrons. The number of hydrogen-bond acceptors (Lipinski definition) is 5. The maximum absolute atomic E-state index is 13.1. The van der Waals surface area contributed by atoms with E-state index in [2.05, 4.69) is 25.5 Å². The van der Waals surface area contributed by atoms with Crippen LogP contribution < -0.4 is 15.5 Å². The molecule has 2 aromatic rings. The van der Waals surface area contributed by atoms with Crippen LogP contribution >= 0.6 is 0 Å². The minimum atomic E-state index is -0.873. The lowest BCUT2D eigenvalue weighted by atomic mass is 9.84. The number of amidine groups is 1. The van der Waals surface area contributed by atoms with Crippen molar-refractivity contribution in [3.63, 3.8) is 0 Å². The average Bonchev–Trinajstić information content (AvgIpc) is 3.19. The standard InChI is InChI=1S/C29H39N5O3/c1-18(2)32-27(35)21-10-12-23(13-11-21)34-24-15-25(31-17-29(4,5)37)30-16-22(24)14-26(34)33-28(36)20-8-6-19(3)7-9-20/h6-9,15-16,18,21,23,37H,10-14,17H2,1-5H3,(H,30,31)(H,32,35). The molecule has 1 aliphatic carbocycles. The van der Waals surface area contributed by atoms with E-state index in [1.807, 2.05) is 57.3 Å². The Kier molecular flexibility index (Phi) is 7.97. The van der Waals surface area contributed by atoms with E-state index in [4.69, 9.17) is 0 Å². The molecule has 1 aliphatic heterocycles. The van der Waals surface area contributed by atoms with Crippen LogP contribution in [0.4, 0.5) is 11.5 Å². The molecule has 8 heteroatoms. The normalized spacial score (nSPS) is 20.7. The fourth-order valence-corrected chi connectivity index (χ4v) is 5.01. The quantitative estimate of drug-likeness (QED) is 0.519. The van der Waals surface area contributed by atoms with Gasteiger partial charge in [0.05, 0.1) is 11.3 Å². The summed E-state index contributed by atoms with van der Waals surface area (Å²) in [5, 5.41) is 16.4. The molecule has 0 unspecified atom stereocenters. The maximum atomic E-state index is 13.1. The highest BCUT2D eigenvalue weighted by atomic mass is 16.3. The summed E-state index contributed by atoms with van der Waals surface area (Å²) in [5.74, 6) is 1.27. The molecular formula is C29H39N5O3. The van der Waals surface area contributed by atoms with Crippen LogP contribution in [-0.2, 0) is 11.2 Å². The minimum absolute atomic E-state index is 0.0109. The van der Waals surface area contributed by atoms with Gasteiger partial charge >= 0.3 is 0 Å². The highest BCUT2D eigenvalue weighted by Gasteiger charge is 2.36. The summed E-state index contributed by atoms with van der Waals surface area (Å²) < 4.78 is 0. The lowest BCUT2D eigenvalue weighted by Gasteiger charge is -2.36. The molecule has 8 nitrogen and oxygen atoms in total. The van der Waals surface area contributed by atoms with Gasteiger partial charge in [-0.3, -0.25) is 9.59 Å². The highest BCUT2D eigenvalue weighted by Crippen LogP contribution is 2.38. The summed E-state index contributed by atoms with van der Waals surface area (Å²) in [7, 11) is 0. The van der Waals surface area contributed by atoms with Gasteiger partial charge in [-0.25, -0.2) is 4.98 Å².